The summed E-state index contributed by atoms with van der Waals surface area (Å²) in [7, 11) is 3.18. The van der Waals surface area contributed by atoms with Crippen molar-refractivity contribution >= 4 is 22.6 Å². The number of likely N-dealkylation sites (N-methyl/N-ethyl adjacent to an activating group) is 1. The van der Waals surface area contributed by atoms with Crippen molar-refractivity contribution in [3.63, 3.8) is 0 Å². The summed E-state index contributed by atoms with van der Waals surface area (Å²) in [6.45, 7) is 5.45. The van der Waals surface area contributed by atoms with Gasteiger partial charge in [0, 0.05) is 31.0 Å². The van der Waals surface area contributed by atoms with E-state index in [9.17, 15) is 18.0 Å². The van der Waals surface area contributed by atoms with E-state index in [2.05, 4.69) is 15.3 Å². The molecule has 0 saturated carbocycles. The average molecular weight is 476 g/mol. The van der Waals surface area contributed by atoms with E-state index in [4.69, 9.17) is 9.47 Å². The third kappa shape index (κ3) is 5.49. The Morgan fingerprint density at radius 1 is 1.18 bits per heavy atom. The number of alkyl halides is 2. The molecule has 1 atom stereocenters. The van der Waals surface area contributed by atoms with Crippen molar-refractivity contribution in [3.05, 3.63) is 53.1 Å². The number of aryl methyl sites for hydroxylation is 1. The fraction of sp³-hybridized carbons (Fsp3) is 0.375. The van der Waals surface area contributed by atoms with Crippen LogP contribution in [0.3, 0.4) is 0 Å². The van der Waals surface area contributed by atoms with Crippen molar-refractivity contribution in [2.45, 2.75) is 33.2 Å². The molecule has 1 heterocycles. The highest BCUT2D eigenvalue weighted by Gasteiger charge is 2.21. The SMILES string of the molecule is COc1cc2nc(C)nc(N[C@H](C)c3cccc(C(F)F)c3F)c2cc1OCCN(C)C(C)=O. The number of methoxy groups -OCH3 is 1. The van der Waals surface area contributed by atoms with E-state index in [0.29, 0.717) is 40.6 Å². The highest BCUT2D eigenvalue weighted by molar-refractivity contribution is 5.92. The number of halogens is 3. The van der Waals surface area contributed by atoms with Crippen molar-refractivity contribution in [2.24, 2.45) is 0 Å². The van der Waals surface area contributed by atoms with E-state index in [1.165, 1.54) is 31.1 Å². The second kappa shape index (κ2) is 10.6. The first-order chi connectivity index (χ1) is 16.1. The number of hydrogen-bond donors (Lipinski definition) is 1. The second-order valence-electron chi connectivity index (χ2n) is 7.85. The zero-order valence-corrected chi connectivity index (χ0v) is 19.7. The molecule has 7 nitrogen and oxygen atoms in total. The molecule has 1 N–H and O–H groups in total. The van der Waals surface area contributed by atoms with Gasteiger partial charge in [-0.05, 0) is 19.9 Å². The summed E-state index contributed by atoms with van der Waals surface area (Å²) in [5.41, 5.74) is 0.0133. The summed E-state index contributed by atoms with van der Waals surface area (Å²) in [6.07, 6.45) is -2.91. The molecule has 0 aliphatic rings. The molecular weight excluding hydrogens is 449 g/mol. The van der Waals surface area contributed by atoms with Crippen LogP contribution < -0.4 is 14.8 Å². The number of anilines is 1. The number of ether oxygens (including phenoxy) is 2. The first kappa shape index (κ1) is 25.1. The van der Waals surface area contributed by atoms with Gasteiger partial charge in [0.1, 0.15) is 24.1 Å². The Morgan fingerprint density at radius 2 is 1.88 bits per heavy atom. The van der Waals surface area contributed by atoms with Crippen molar-refractivity contribution in [2.75, 3.05) is 32.6 Å². The molecule has 10 heteroatoms. The maximum atomic E-state index is 14.7. The van der Waals surface area contributed by atoms with Gasteiger partial charge in [0.2, 0.25) is 5.91 Å². The minimum Gasteiger partial charge on any atom is -0.493 e. The zero-order valence-electron chi connectivity index (χ0n) is 19.7. The summed E-state index contributed by atoms with van der Waals surface area (Å²) in [4.78, 5) is 21.8. The summed E-state index contributed by atoms with van der Waals surface area (Å²) in [5.74, 6) is 0.689. The molecule has 0 unspecified atom stereocenters. The molecule has 182 valence electrons. The molecule has 0 saturated heterocycles. The van der Waals surface area contributed by atoms with Gasteiger partial charge >= 0.3 is 0 Å². The predicted octanol–water partition coefficient (Wildman–Crippen LogP) is 5.05. The molecule has 0 aliphatic heterocycles. The van der Waals surface area contributed by atoms with Gasteiger partial charge in [0.05, 0.1) is 30.8 Å². The Morgan fingerprint density at radius 3 is 2.53 bits per heavy atom. The predicted molar refractivity (Wildman–Crippen MR) is 123 cm³/mol. The molecule has 0 fully saturated rings. The van der Waals surface area contributed by atoms with E-state index in [0.717, 1.165) is 6.07 Å². The number of benzene rings is 2. The lowest BCUT2D eigenvalue weighted by Gasteiger charge is -2.20. The number of hydrogen-bond acceptors (Lipinski definition) is 6. The smallest absolute Gasteiger partial charge is 0.266 e. The van der Waals surface area contributed by atoms with E-state index >= 15 is 0 Å². The Kier molecular flexibility index (Phi) is 7.80. The molecule has 34 heavy (non-hydrogen) atoms. The molecule has 3 rings (SSSR count). The molecule has 0 spiro atoms. The van der Waals surface area contributed by atoms with Crippen LogP contribution in [0.25, 0.3) is 10.9 Å². The minimum atomic E-state index is -2.91. The molecule has 1 aromatic heterocycles. The lowest BCUT2D eigenvalue weighted by molar-refractivity contribution is -0.127. The van der Waals surface area contributed by atoms with Crippen LogP contribution in [0.5, 0.6) is 11.5 Å². The lowest BCUT2D eigenvalue weighted by atomic mass is 10.0. The molecular formula is C24H27F3N4O3. The fourth-order valence-electron chi connectivity index (χ4n) is 3.44. The van der Waals surface area contributed by atoms with Crippen LogP contribution in [-0.4, -0.2) is 48.1 Å². The molecule has 0 radical (unpaired) electrons. The van der Waals surface area contributed by atoms with Crippen molar-refractivity contribution in [3.8, 4) is 11.5 Å². The maximum Gasteiger partial charge on any atom is 0.266 e. The average Bonchev–Trinajstić information content (AvgIpc) is 2.78. The quantitative estimate of drug-likeness (QED) is 0.466. The number of fused-ring (bicyclic) bond motifs is 1. The van der Waals surface area contributed by atoms with Gasteiger partial charge in [-0.25, -0.2) is 23.1 Å². The number of carbonyl (C=O) groups is 1. The van der Waals surface area contributed by atoms with Crippen molar-refractivity contribution in [1.82, 2.24) is 14.9 Å². The van der Waals surface area contributed by atoms with Crippen LogP contribution in [0.2, 0.25) is 0 Å². The Labute approximate surface area is 195 Å². The zero-order chi connectivity index (χ0) is 25.0. The van der Waals surface area contributed by atoms with E-state index in [1.807, 2.05) is 0 Å². The van der Waals surface area contributed by atoms with Crippen LogP contribution in [0, 0.1) is 12.7 Å². The van der Waals surface area contributed by atoms with Gasteiger partial charge in [-0.2, -0.15) is 0 Å². The largest absolute Gasteiger partial charge is 0.493 e. The van der Waals surface area contributed by atoms with E-state index < -0.39 is 23.8 Å². The van der Waals surface area contributed by atoms with Crippen LogP contribution in [-0.2, 0) is 4.79 Å². The van der Waals surface area contributed by atoms with Gasteiger partial charge in [-0.1, -0.05) is 18.2 Å². The third-order valence-electron chi connectivity index (χ3n) is 5.43. The number of aromatic nitrogens is 2. The van der Waals surface area contributed by atoms with Gasteiger partial charge in [0.25, 0.3) is 6.43 Å². The Bertz CT molecular complexity index is 1190. The summed E-state index contributed by atoms with van der Waals surface area (Å²) < 4.78 is 52.2. The third-order valence-corrected chi connectivity index (χ3v) is 5.43. The normalized spacial score (nSPS) is 12.0. The first-order valence-corrected chi connectivity index (χ1v) is 10.7. The maximum absolute atomic E-state index is 14.7. The molecule has 3 aromatic rings. The van der Waals surface area contributed by atoms with Crippen LogP contribution in [0.15, 0.2) is 30.3 Å². The molecule has 1 amide bonds. The topological polar surface area (TPSA) is 76.6 Å². The summed E-state index contributed by atoms with van der Waals surface area (Å²) >= 11 is 0. The van der Waals surface area contributed by atoms with Crippen LogP contribution in [0.1, 0.15) is 43.3 Å². The van der Waals surface area contributed by atoms with Gasteiger partial charge in [-0.15, -0.1) is 0 Å². The number of nitrogens with zero attached hydrogens (tertiary/aromatic N) is 3. The van der Waals surface area contributed by atoms with Crippen LogP contribution >= 0.6 is 0 Å². The number of rotatable bonds is 9. The summed E-state index contributed by atoms with van der Waals surface area (Å²) in [6, 6.07) is 6.66. The Balaban J connectivity index is 1.96. The molecule has 2 aromatic carbocycles. The van der Waals surface area contributed by atoms with E-state index in [-0.39, 0.29) is 18.1 Å². The molecule has 0 aliphatic carbocycles. The minimum absolute atomic E-state index is 0.0819. The van der Waals surface area contributed by atoms with Crippen LogP contribution in [0.4, 0.5) is 19.0 Å². The molecule has 0 bridgehead atoms. The van der Waals surface area contributed by atoms with Crippen molar-refractivity contribution in [1.29, 1.82) is 0 Å². The van der Waals surface area contributed by atoms with Gasteiger partial charge in [-0.3, -0.25) is 4.79 Å². The highest BCUT2D eigenvalue weighted by Crippen LogP contribution is 2.36. The number of amides is 1. The standard InChI is InChI=1S/C24H27F3N4O3/c1-13(16-7-6-8-17(22(16)25)23(26)27)28-24-18-11-21(34-10-9-31(4)15(3)32)20(33-5)12-19(18)29-14(2)30-24/h6-8,11-13,23H,9-10H2,1-5H3,(H,28,29,30)/t13-/m1/s1. The fourth-order valence-corrected chi connectivity index (χ4v) is 3.44. The van der Waals surface area contributed by atoms with Gasteiger partial charge in [0.15, 0.2) is 11.5 Å². The number of nitrogens with one attached hydrogen (secondary N) is 1. The monoisotopic (exact) mass is 476 g/mol. The Hall–Kier alpha value is -3.56. The highest BCUT2D eigenvalue weighted by atomic mass is 19.3. The number of carbonyl (C=O) groups excluding carboxylic acids is 1. The van der Waals surface area contributed by atoms with Crippen molar-refractivity contribution < 1.29 is 27.4 Å². The summed E-state index contributed by atoms with van der Waals surface area (Å²) in [5, 5.41) is 3.70. The van der Waals surface area contributed by atoms with Gasteiger partial charge < -0.3 is 19.7 Å². The first-order valence-electron chi connectivity index (χ1n) is 10.7. The van der Waals surface area contributed by atoms with E-state index in [1.54, 1.807) is 33.0 Å². The second-order valence-corrected chi connectivity index (χ2v) is 7.85. The lowest BCUT2D eigenvalue weighted by Crippen LogP contribution is -2.28.